The molecule has 0 bridgehead atoms. The monoisotopic (exact) mass is 276 g/mol. The van der Waals surface area contributed by atoms with Crippen molar-refractivity contribution in [3.8, 4) is 0 Å². The summed E-state index contributed by atoms with van der Waals surface area (Å²) in [5.74, 6) is 0.0920. The summed E-state index contributed by atoms with van der Waals surface area (Å²) in [7, 11) is 0. The van der Waals surface area contributed by atoms with Gasteiger partial charge in [0.25, 0.3) is 0 Å². The number of carbonyl (C=O) groups is 2. The molecule has 1 aliphatic heterocycles. The van der Waals surface area contributed by atoms with E-state index in [2.05, 4.69) is 10.3 Å². The van der Waals surface area contributed by atoms with Crippen molar-refractivity contribution in [2.75, 3.05) is 13.1 Å². The van der Waals surface area contributed by atoms with Gasteiger partial charge in [-0.1, -0.05) is 12.8 Å². The first-order valence-corrected chi connectivity index (χ1v) is 7.27. The lowest BCUT2D eigenvalue weighted by molar-refractivity contribution is -0.153. The highest BCUT2D eigenvalue weighted by molar-refractivity contribution is 5.98. The zero-order valence-electron chi connectivity index (χ0n) is 11.5. The molecule has 3 rings (SSSR count). The molecule has 0 unspecified atom stereocenters. The average molecular weight is 276 g/mol. The molecule has 108 valence electrons. The Bertz CT molecular complexity index is 491. The number of aryl methyl sites for hydroxylation is 1. The van der Waals surface area contributed by atoms with Crippen LogP contribution in [-0.4, -0.2) is 44.9 Å². The minimum absolute atomic E-state index is 0.0391. The van der Waals surface area contributed by atoms with E-state index in [1.54, 1.807) is 12.5 Å². The SMILES string of the molecule is O=C1CNC(=O)C2(CCCC2)N1CCCn1ccnc1. The largest absolute Gasteiger partial charge is 0.345 e. The van der Waals surface area contributed by atoms with Crippen molar-refractivity contribution in [1.29, 1.82) is 0 Å². The Morgan fingerprint density at radius 1 is 1.25 bits per heavy atom. The van der Waals surface area contributed by atoms with Crippen molar-refractivity contribution in [1.82, 2.24) is 19.8 Å². The van der Waals surface area contributed by atoms with Crippen molar-refractivity contribution in [3.05, 3.63) is 18.7 Å². The van der Waals surface area contributed by atoms with E-state index in [4.69, 9.17) is 0 Å². The van der Waals surface area contributed by atoms with Gasteiger partial charge < -0.3 is 14.8 Å². The fourth-order valence-electron chi connectivity index (χ4n) is 3.40. The molecular formula is C14H20N4O2. The van der Waals surface area contributed by atoms with Gasteiger partial charge in [0.2, 0.25) is 11.8 Å². The summed E-state index contributed by atoms with van der Waals surface area (Å²) < 4.78 is 2.00. The van der Waals surface area contributed by atoms with Crippen LogP contribution < -0.4 is 5.32 Å². The summed E-state index contributed by atoms with van der Waals surface area (Å²) in [6, 6.07) is 0. The van der Waals surface area contributed by atoms with Crippen LogP contribution in [0, 0.1) is 0 Å². The molecule has 6 heteroatoms. The van der Waals surface area contributed by atoms with Crippen molar-refractivity contribution >= 4 is 11.8 Å². The number of aromatic nitrogens is 2. The van der Waals surface area contributed by atoms with Gasteiger partial charge >= 0.3 is 0 Å². The van der Waals surface area contributed by atoms with Gasteiger partial charge in [-0.15, -0.1) is 0 Å². The Balaban J connectivity index is 1.67. The van der Waals surface area contributed by atoms with Crippen LogP contribution in [-0.2, 0) is 16.1 Å². The van der Waals surface area contributed by atoms with Gasteiger partial charge in [0.05, 0.1) is 12.9 Å². The molecule has 2 amide bonds. The van der Waals surface area contributed by atoms with E-state index >= 15 is 0 Å². The molecule has 0 radical (unpaired) electrons. The number of hydrogen-bond acceptors (Lipinski definition) is 3. The minimum Gasteiger partial charge on any atom is -0.345 e. The maximum absolute atomic E-state index is 12.2. The molecule has 2 fully saturated rings. The number of imidazole rings is 1. The van der Waals surface area contributed by atoms with Gasteiger partial charge in [-0.05, 0) is 19.3 Å². The number of amides is 2. The van der Waals surface area contributed by atoms with Crippen LogP contribution in [0.2, 0.25) is 0 Å². The fourth-order valence-corrected chi connectivity index (χ4v) is 3.40. The van der Waals surface area contributed by atoms with Crippen LogP contribution in [0.5, 0.6) is 0 Å². The molecule has 2 aliphatic rings. The first kappa shape index (κ1) is 13.1. The molecule has 1 aromatic rings. The van der Waals surface area contributed by atoms with Crippen molar-refractivity contribution < 1.29 is 9.59 Å². The number of piperazine rings is 1. The summed E-state index contributed by atoms with van der Waals surface area (Å²) in [5, 5.41) is 2.75. The lowest BCUT2D eigenvalue weighted by Crippen LogP contribution is -2.66. The highest BCUT2D eigenvalue weighted by Gasteiger charge is 2.50. The van der Waals surface area contributed by atoms with Gasteiger partial charge in [-0.25, -0.2) is 4.98 Å². The molecule has 1 saturated heterocycles. The van der Waals surface area contributed by atoms with Crippen LogP contribution in [0.4, 0.5) is 0 Å². The number of carbonyl (C=O) groups excluding carboxylic acids is 2. The van der Waals surface area contributed by atoms with Gasteiger partial charge in [0.15, 0.2) is 0 Å². The first-order valence-electron chi connectivity index (χ1n) is 7.27. The number of hydrogen-bond donors (Lipinski definition) is 1. The summed E-state index contributed by atoms with van der Waals surface area (Å²) in [6.45, 7) is 1.61. The molecule has 1 aromatic heterocycles. The lowest BCUT2D eigenvalue weighted by atomic mass is 9.91. The second-order valence-corrected chi connectivity index (χ2v) is 5.62. The highest BCUT2D eigenvalue weighted by atomic mass is 16.2. The topological polar surface area (TPSA) is 67.2 Å². The standard InChI is InChI=1S/C14H20N4O2/c19-12-10-16-13(20)14(4-1-2-5-14)18(12)8-3-7-17-9-6-15-11-17/h6,9,11H,1-5,7-8,10H2,(H,16,20). The third-order valence-corrected chi connectivity index (χ3v) is 4.43. The number of nitrogens with zero attached hydrogens (tertiary/aromatic N) is 3. The minimum atomic E-state index is -0.565. The maximum atomic E-state index is 12.2. The summed E-state index contributed by atoms with van der Waals surface area (Å²) in [4.78, 5) is 30.3. The molecule has 2 heterocycles. The third-order valence-electron chi connectivity index (χ3n) is 4.43. The second kappa shape index (κ2) is 5.26. The molecule has 0 aromatic carbocycles. The number of rotatable bonds is 4. The van der Waals surface area contributed by atoms with E-state index in [0.29, 0.717) is 6.54 Å². The van der Waals surface area contributed by atoms with Gasteiger partial charge in [0, 0.05) is 25.5 Å². The van der Waals surface area contributed by atoms with Gasteiger partial charge in [-0.3, -0.25) is 9.59 Å². The van der Waals surface area contributed by atoms with Crippen molar-refractivity contribution in [2.45, 2.75) is 44.2 Å². The van der Waals surface area contributed by atoms with Gasteiger partial charge in [0.1, 0.15) is 5.54 Å². The van der Waals surface area contributed by atoms with E-state index in [0.717, 1.165) is 38.6 Å². The zero-order valence-corrected chi connectivity index (χ0v) is 11.5. The molecule has 1 saturated carbocycles. The smallest absolute Gasteiger partial charge is 0.246 e. The van der Waals surface area contributed by atoms with Crippen LogP contribution in [0.15, 0.2) is 18.7 Å². The Morgan fingerprint density at radius 3 is 2.75 bits per heavy atom. The maximum Gasteiger partial charge on any atom is 0.246 e. The van der Waals surface area contributed by atoms with Crippen LogP contribution >= 0.6 is 0 Å². The second-order valence-electron chi connectivity index (χ2n) is 5.62. The Hall–Kier alpha value is -1.85. The van der Waals surface area contributed by atoms with Crippen LogP contribution in [0.25, 0.3) is 0 Å². The predicted octanol–water partition coefficient (Wildman–Crippen LogP) is 0.544. The molecule has 1 aliphatic carbocycles. The molecule has 20 heavy (non-hydrogen) atoms. The summed E-state index contributed by atoms with van der Waals surface area (Å²) in [5.41, 5.74) is -0.565. The lowest BCUT2D eigenvalue weighted by Gasteiger charge is -2.43. The van der Waals surface area contributed by atoms with E-state index < -0.39 is 5.54 Å². The molecular weight excluding hydrogens is 256 g/mol. The zero-order chi connectivity index (χ0) is 14.0. The van der Waals surface area contributed by atoms with E-state index in [1.165, 1.54) is 0 Å². The molecule has 1 N–H and O–H groups in total. The molecule has 1 spiro atoms. The normalized spacial score (nSPS) is 21.5. The molecule has 6 nitrogen and oxygen atoms in total. The highest BCUT2D eigenvalue weighted by Crippen LogP contribution is 2.37. The van der Waals surface area contributed by atoms with Crippen molar-refractivity contribution in [3.63, 3.8) is 0 Å². The van der Waals surface area contributed by atoms with E-state index in [-0.39, 0.29) is 18.4 Å². The Morgan fingerprint density at radius 2 is 2.05 bits per heavy atom. The fraction of sp³-hybridized carbons (Fsp3) is 0.643. The molecule has 0 atom stereocenters. The third kappa shape index (κ3) is 2.19. The average Bonchev–Trinajstić information content (AvgIpc) is 3.11. The van der Waals surface area contributed by atoms with E-state index in [9.17, 15) is 9.59 Å². The Labute approximate surface area is 118 Å². The van der Waals surface area contributed by atoms with Crippen LogP contribution in [0.3, 0.4) is 0 Å². The van der Waals surface area contributed by atoms with Crippen molar-refractivity contribution in [2.24, 2.45) is 0 Å². The Kier molecular flexibility index (Phi) is 3.46. The van der Waals surface area contributed by atoms with Gasteiger partial charge in [-0.2, -0.15) is 0 Å². The number of nitrogens with one attached hydrogen (secondary N) is 1. The summed E-state index contributed by atoms with van der Waals surface area (Å²) >= 11 is 0. The van der Waals surface area contributed by atoms with Crippen LogP contribution in [0.1, 0.15) is 32.1 Å². The summed E-state index contributed by atoms with van der Waals surface area (Å²) in [6.07, 6.45) is 9.93. The first-order chi connectivity index (χ1) is 9.72. The predicted molar refractivity (Wildman–Crippen MR) is 72.8 cm³/mol. The van der Waals surface area contributed by atoms with E-state index in [1.807, 2.05) is 15.7 Å². The quantitative estimate of drug-likeness (QED) is 0.873.